The molecule has 0 unspecified atom stereocenters. The third-order valence-corrected chi connectivity index (χ3v) is 7.52. The number of aromatic nitrogens is 2. The summed E-state index contributed by atoms with van der Waals surface area (Å²) in [5, 5.41) is 4.42. The maximum Gasteiger partial charge on any atom is 0.263 e. The molecular formula is C22H25N3O2S2. The Labute approximate surface area is 178 Å². The number of nitrogens with one attached hydrogen (secondary N) is 1. The zero-order valence-electron chi connectivity index (χ0n) is 16.8. The minimum atomic E-state index is -0.0848. The van der Waals surface area contributed by atoms with Crippen LogP contribution < -0.4 is 10.9 Å². The Morgan fingerprint density at radius 1 is 1.24 bits per heavy atom. The smallest absolute Gasteiger partial charge is 0.263 e. The van der Waals surface area contributed by atoms with Gasteiger partial charge in [-0.25, -0.2) is 4.98 Å². The number of benzene rings is 1. The fraction of sp³-hybridized carbons (Fsp3) is 0.409. The van der Waals surface area contributed by atoms with Crippen LogP contribution in [0.1, 0.15) is 42.7 Å². The third kappa shape index (κ3) is 3.98. The van der Waals surface area contributed by atoms with Crippen LogP contribution in [0.15, 0.2) is 34.2 Å². The van der Waals surface area contributed by atoms with Gasteiger partial charge in [-0.3, -0.25) is 14.2 Å². The van der Waals surface area contributed by atoms with Crippen LogP contribution in [-0.4, -0.2) is 21.2 Å². The van der Waals surface area contributed by atoms with Crippen LogP contribution >= 0.6 is 23.1 Å². The highest BCUT2D eigenvalue weighted by atomic mass is 32.2. The number of para-hydroxylation sites is 1. The Hall–Kier alpha value is -2.12. The number of hydrogen-bond acceptors (Lipinski definition) is 5. The highest BCUT2D eigenvalue weighted by Gasteiger charge is 2.22. The van der Waals surface area contributed by atoms with Gasteiger partial charge in [-0.15, -0.1) is 11.3 Å². The minimum absolute atomic E-state index is 0.0381. The van der Waals surface area contributed by atoms with E-state index in [1.54, 1.807) is 15.9 Å². The Morgan fingerprint density at radius 2 is 2.03 bits per heavy atom. The number of amides is 1. The van der Waals surface area contributed by atoms with Crippen LogP contribution in [0.3, 0.4) is 0 Å². The number of nitrogens with zero attached hydrogens (tertiary/aromatic N) is 2. The molecular weight excluding hydrogens is 402 g/mol. The molecule has 1 amide bonds. The first-order chi connectivity index (χ1) is 14.1. The Morgan fingerprint density at radius 3 is 2.83 bits per heavy atom. The van der Waals surface area contributed by atoms with E-state index in [1.165, 1.54) is 28.6 Å². The first-order valence-corrected chi connectivity index (χ1v) is 12.0. The Balaban J connectivity index is 1.57. The van der Waals surface area contributed by atoms with Gasteiger partial charge < -0.3 is 5.32 Å². The standard InChI is InChI=1S/C22H25N3O2S2/c1-3-14-9-5-7-11-16(14)23-18(26)13-28-22-24-20-19(21(27)25(22)4-2)15-10-6-8-12-17(15)29-20/h5,7,9,11H,3-4,6,8,10,12-13H2,1-2H3,(H,23,26). The molecule has 0 fully saturated rings. The van der Waals surface area contributed by atoms with Gasteiger partial charge in [0.15, 0.2) is 5.16 Å². The molecule has 1 N–H and O–H groups in total. The maximum atomic E-state index is 13.1. The molecule has 1 aliphatic carbocycles. The van der Waals surface area contributed by atoms with Gasteiger partial charge in [-0.1, -0.05) is 36.9 Å². The minimum Gasteiger partial charge on any atom is -0.325 e. The van der Waals surface area contributed by atoms with Gasteiger partial charge in [-0.2, -0.15) is 0 Å². The molecule has 7 heteroatoms. The van der Waals surface area contributed by atoms with E-state index in [2.05, 4.69) is 12.2 Å². The third-order valence-electron chi connectivity index (χ3n) is 5.36. The van der Waals surface area contributed by atoms with Crippen molar-refractivity contribution >= 4 is 44.9 Å². The monoisotopic (exact) mass is 427 g/mol. The van der Waals surface area contributed by atoms with Crippen LogP contribution in [0, 0.1) is 0 Å². The van der Waals surface area contributed by atoms with Gasteiger partial charge >= 0.3 is 0 Å². The van der Waals surface area contributed by atoms with E-state index in [1.807, 2.05) is 31.2 Å². The van der Waals surface area contributed by atoms with Gasteiger partial charge in [0.25, 0.3) is 5.56 Å². The van der Waals surface area contributed by atoms with Crippen LogP contribution in [-0.2, 0) is 30.6 Å². The fourth-order valence-corrected chi connectivity index (χ4v) is 6.04. The lowest BCUT2D eigenvalue weighted by molar-refractivity contribution is -0.113. The summed E-state index contributed by atoms with van der Waals surface area (Å²) in [7, 11) is 0. The van der Waals surface area contributed by atoms with E-state index < -0.39 is 0 Å². The summed E-state index contributed by atoms with van der Waals surface area (Å²) in [5.41, 5.74) is 3.21. The number of carbonyl (C=O) groups excluding carboxylic acids is 1. The van der Waals surface area contributed by atoms with Crippen molar-refractivity contribution in [2.45, 2.75) is 57.7 Å². The molecule has 2 heterocycles. The summed E-state index contributed by atoms with van der Waals surface area (Å²) in [4.78, 5) is 32.6. The SMILES string of the molecule is CCc1ccccc1NC(=O)CSc1nc2sc3c(c2c(=O)n1CC)CCCC3. The number of anilines is 1. The van der Waals surface area contributed by atoms with Crippen molar-refractivity contribution in [1.82, 2.24) is 9.55 Å². The lowest BCUT2D eigenvalue weighted by atomic mass is 9.97. The topological polar surface area (TPSA) is 64.0 Å². The van der Waals surface area contributed by atoms with Crippen LogP contribution in [0.2, 0.25) is 0 Å². The van der Waals surface area contributed by atoms with Crippen molar-refractivity contribution in [2.75, 3.05) is 11.1 Å². The first kappa shape index (κ1) is 20.2. The molecule has 152 valence electrons. The number of aryl methyl sites for hydroxylation is 3. The molecule has 0 radical (unpaired) electrons. The lowest BCUT2D eigenvalue weighted by Gasteiger charge is -2.12. The quantitative estimate of drug-likeness (QED) is 0.459. The summed E-state index contributed by atoms with van der Waals surface area (Å²) in [5.74, 6) is 0.138. The largest absolute Gasteiger partial charge is 0.325 e. The van der Waals surface area contributed by atoms with Crippen LogP contribution in [0.4, 0.5) is 5.69 Å². The fourth-order valence-electron chi connectivity index (χ4n) is 3.88. The van der Waals surface area contributed by atoms with Crippen molar-refractivity contribution in [1.29, 1.82) is 0 Å². The summed E-state index contributed by atoms with van der Waals surface area (Å²) >= 11 is 2.98. The molecule has 29 heavy (non-hydrogen) atoms. The summed E-state index contributed by atoms with van der Waals surface area (Å²) in [6.07, 6.45) is 5.20. The van der Waals surface area contributed by atoms with Crippen molar-refractivity contribution < 1.29 is 4.79 Å². The predicted molar refractivity (Wildman–Crippen MR) is 121 cm³/mol. The number of rotatable bonds is 6. The molecule has 0 saturated carbocycles. The lowest BCUT2D eigenvalue weighted by Crippen LogP contribution is -2.24. The van der Waals surface area contributed by atoms with E-state index in [4.69, 9.17) is 4.98 Å². The molecule has 0 saturated heterocycles. The summed E-state index contributed by atoms with van der Waals surface area (Å²) in [6, 6.07) is 7.84. The van der Waals surface area contributed by atoms with Gasteiger partial charge in [0.05, 0.1) is 11.1 Å². The molecule has 0 bridgehead atoms. The summed E-state index contributed by atoms with van der Waals surface area (Å²) < 4.78 is 1.71. The van der Waals surface area contributed by atoms with Gasteiger partial charge in [0.2, 0.25) is 5.91 Å². The number of thioether (sulfide) groups is 1. The first-order valence-electron chi connectivity index (χ1n) is 10.2. The Kier molecular flexibility index (Phi) is 6.06. The van der Waals surface area contributed by atoms with Gasteiger partial charge in [0, 0.05) is 17.1 Å². The molecule has 0 spiro atoms. The van der Waals surface area contributed by atoms with Crippen molar-refractivity contribution in [2.24, 2.45) is 0 Å². The second-order valence-electron chi connectivity index (χ2n) is 7.18. The molecule has 4 rings (SSSR count). The zero-order chi connectivity index (χ0) is 20.4. The van der Waals surface area contributed by atoms with E-state index in [-0.39, 0.29) is 17.2 Å². The zero-order valence-corrected chi connectivity index (χ0v) is 18.4. The van der Waals surface area contributed by atoms with Crippen LogP contribution in [0.5, 0.6) is 0 Å². The van der Waals surface area contributed by atoms with E-state index in [0.717, 1.165) is 47.2 Å². The molecule has 1 aromatic carbocycles. The van der Waals surface area contributed by atoms with Gasteiger partial charge in [0.1, 0.15) is 4.83 Å². The van der Waals surface area contributed by atoms with Crippen molar-refractivity contribution in [3.8, 4) is 0 Å². The molecule has 0 atom stereocenters. The highest BCUT2D eigenvalue weighted by Crippen LogP contribution is 2.34. The van der Waals surface area contributed by atoms with Crippen molar-refractivity contribution in [3.63, 3.8) is 0 Å². The van der Waals surface area contributed by atoms with Crippen molar-refractivity contribution in [3.05, 3.63) is 50.6 Å². The van der Waals surface area contributed by atoms with Crippen LogP contribution in [0.25, 0.3) is 10.2 Å². The molecule has 3 aromatic rings. The molecule has 1 aliphatic rings. The normalized spacial score (nSPS) is 13.4. The average Bonchev–Trinajstić information content (AvgIpc) is 3.11. The van der Waals surface area contributed by atoms with E-state index in [0.29, 0.717) is 11.7 Å². The number of hydrogen-bond donors (Lipinski definition) is 1. The van der Waals surface area contributed by atoms with E-state index >= 15 is 0 Å². The maximum absolute atomic E-state index is 13.1. The average molecular weight is 428 g/mol. The number of thiophene rings is 1. The molecule has 2 aromatic heterocycles. The second-order valence-corrected chi connectivity index (χ2v) is 9.21. The molecule has 0 aliphatic heterocycles. The highest BCUT2D eigenvalue weighted by molar-refractivity contribution is 7.99. The molecule has 5 nitrogen and oxygen atoms in total. The van der Waals surface area contributed by atoms with E-state index in [9.17, 15) is 9.59 Å². The predicted octanol–water partition coefficient (Wildman–Crippen LogP) is 4.65. The Bertz CT molecular complexity index is 1120. The second kappa shape index (κ2) is 8.71. The summed E-state index contributed by atoms with van der Waals surface area (Å²) in [6.45, 7) is 4.57. The number of carbonyl (C=O) groups is 1. The number of fused-ring (bicyclic) bond motifs is 3. The van der Waals surface area contributed by atoms with Gasteiger partial charge in [-0.05, 0) is 56.2 Å².